The Morgan fingerprint density at radius 1 is 1.21 bits per heavy atom. The highest BCUT2D eigenvalue weighted by Crippen LogP contribution is 2.30. The number of carbonyl (C=O) groups is 2. The standard InChI is InChI=1S/C21H15FN2O4S/c1-3-10-28-17-9-4-13(12-18(17)27-2)11-16-19(25)23-21(29)24(20(16)26)15-7-5-14(22)6-8-15/h1,4-9,11-12H,10H2,2H3,(H,23,25,29). The molecule has 1 aliphatic rings. The summed E-state index contributed by atoms with van der Waals surface area (Å²) in [6.45, 7) is 0.0712. The number of carbonyl (C=O) groups excluding carboxylic acids is 2. The monoisotopic (exact) mass is 410 g/mol. The Hall–Kier alpha value is -3.70. The van der Waals surface area contributed by atoms with Crippen LogP contribution in [0.1, 0.15) is 5.56 Å². The highest BCUT2D eigenvalue weighted by molar-refractivity contribution is 7.80. The zero-order valence-corrected chi connectivity index (χ0v) is 16.1. The summed E-state index contributed by atoms with van der Waals surface area (Å²) in [4.78, 5) is 26.4. The lowest BCUT2D eigenvalue weighted by Crippen LogP contribution is -2.54. The van der Waals surface area contributed by atoms with Crippen molar-refractivity contribution in [2.24, 2.45) is 0 Å². The van der Waals surface area contributed by atoms with E-state index >= 15 is 0 Å². The van der Waals surface area contributed by atoms with Crippen LogP contribution in [0.15, 0.2) is 48.0 Å². The van der Waals surface area contributed by atoms with Gasteiger partial charge in [-0.05, 0) is 60.3 Å². The second kappa shape index (κ2) is 8.54. The molecule has 29 heavy (non-hydrogen) atoms. The fourth-order valence-electron chi connectivity index (χ4n) is 2.66. The third kappa shape index (κ3) is 4.25. The number of ether oxygens (including phenoxy) is 2. The zero-order valence-electron chi connectivity index (χ0n) is 15.3. The minimum absolute atomic E-state index is 0.0712. The van der Waals surface area contributed by atoms with Crippen LogP contribution in [0.4, 0.5) is 10.1 Å². The van der Waals surface area contributed by atoms with Crippen molar-refractivity contribution in [3.05, 3.63) is 59.4 Å². The first-order chi connectivity index (χ1) is 13.9. The van der Waals surface area contributed by atoms with Gasteiger partial charge in [0.1, 0.15) is 18.0 Å². The molecule has 0 aromatic heterocycles. The summed E-state index contributed by atoms with van der Waals surface area (Å²) in [5, 5.41) is 2.38. The van der Waals surface area contributed by atoms with E-state index in [1.807, 2.05) is 0 Å². The van der Waals surface area contributed by atoms with Gasteiger partial charge >= 0.3 is 0 Å². The molecule has 1 heterocycles. The molecule has 2 aromatic rings. The van der Waals surface area contributed by atoms with Gasteiger partial charge < -0.3 is 9.47 Å². The van der Waals surface area contributed by atoms with Crippen molar-refractivity contribution in [2.45, 2.75) is 0 Å². The van der Waals surface area contributed by atoms with Gasteiger partial charge in [0.05, 0.1) is 12.8 Å². The SMILES string of the molecule is C#CCOc1ccc(C=C2C(=O)NC(=S)N(c3ccc(F)cc3)C2=O)cc1OC. The fraction of sp³-hybridized carbons (Fsp3) is 0.0952. The van der Waals surface area contributed by atoms with E-state index < -0.39 is 17.6 Å². The highest BCUT2D eigenvalue weighted by Gasteiger charge is 2.34. The fourth-order valence-corrected chi connectivity index (χ4v) is 2.94. The van der Waals surface area contributed by atoms with Crippen molar-refractivity contribution in [1.29, 1.82) is 0 Å². The van der Waals surface area contributed by atoms with Crippen LogP contribution in [0.3, 0.4) is 0 Å². The average molecular weight is 410 g/mol. The quantitative estimate of drug-likeness (QED) is 0.355. The number of rotatable bonds is 5. The molecule has 1 aliphatic heterocycles. The van der Waals surface area contributed by atoms with Gasteiger partial charge in [0, 0.05) is 0 Å². The first-order valence-electron chi connectivity index (χ1n) is 8.36. The van der Waals surface area contributed by atoms with E-state index in [4.69, 9.17) is 28.1 Å². The summed E-state index contributed by atoms with van der Waals surface area (Å²) in [5.74, 6) is 1.47. The number of hydrogen-bond acceptors (Lipinski definition) is 5. The number of thiocarbonyl (C=S) groups is 1. The largest absolute Gasteiger partial charge is 0.493 e. The molecule has 1 fully saturated rings. The maximum atomic E-state index is 13.2. The molecule has 146 valence electrons. The number of methoxy groups -OCH3 is 1. The van der Waals surface area contributed by atoms with Crippen molar-refractivity contribution in [3.63, 3.8) is 0 Å². The van der Waals surface area contributed by atoms with Crippen molar-refractivity contribution >= 4 is 40.9 Å². The summed E-state index contributed by atoms with van der Waals surface area (Å²) in [6.07, 6.45) is 6.60. The summed E-state index contributed by atoms with van der Waals surface area (Å²) in [7, 11) is 1.46. The molecule has 0 atom stereocenters. The van der Waals surface area contributed by atoms with Crippen LogP contribution >= 0.6 is 12.2 Å². The number of amides is 2. The molecular formula is C21H15FN2O4S. The number of nitrogens with one attached hydrogen (secondary N) is 1. The lowest BCUT2D eigenvalue weighted by Gasteiger charge is -2.28. The molecule has 0 unspecified atom stereocenters. The van der Waals surface area contributed by atoms with E-state index in [2.05, 4.69) is 11.2 Å². The highest BCUT2D eigenvalue weighted by atomic mass is 32.1. The third-order valence-corrected chi connectivity index (χ3v) is 4.28. The van der Waals surface area contributed by atoms with Crippen LogP contribution in [-0.4, -0.2) is 30.6 Å². The maximum Gasteiger partial charge on any atom is 0.270 e. The van der Waals surface area contributed by atoms with E-state index in [1.54, 1.807) is 18.2 Å². The van der Waals surface area contributed by atoms with E-state index in [0.29, 0.717) is 22.7 Å². The van der Waals surface area contributed by atoms with E-state index in [9.17, 15) is 14.0 Å². The van der Waals surface area contributed by atoms with Crippen LogP contribution < -0.4 is 19.7 Å². The molecule has 8 heteroatoms. The predicted octanol–water partition coefficient (Wildman–Crippen LogP) is 2.68. The van der Waals surface area contributed by atoms with Gasteiger partial charge in [-0.2, -0.15) is 0 Å². The van der Waals surface area contributed by atoms with Gasteiger partial charge in [0.25, 0.3) is 11.8 Å². The van der Waals surface area contributed by atoms with Gasteiger partial charge in [0.2, 0.25) is 0 Å². The topological polar surface area (TPSA) is 67.9 Å². The molecule has 0 aliphatic carbocycles. The first-order valence-corrected chi connectivity index (χ1v) is 8.76. The molecular weight excluding hydrogens is 395 g/mol. The molecule has 6 nitrogen and oxygen atoms in total. The molecule has 2 amide bonds. The second-order valence-corrected chi connectivity index (χ2v) is 6.22. The molecule has 1 saturated heterocycles. The minimum atomic E-state index is -0.634. The lowest BCUT2D eigenvalue weighted by molar-refractivity contribution is -0.122. The average Bonchev–Trinajstić information content (AvgIpc) is 2.71. The van der Waals surface area contributed by atoms with Crippen molar-refractivity contribution < 1.29 is 23.5 Å². The van der Waals surface area contributed by atoms with Gasteiger partial charge in [-0.25, -0.2) is 4.39 Å². The van der Waals surface area contributed by atoms with Crippen LogP contribution in [0.25, 0.3) is 6.08 Å². The number of hydrogen-bond donors (Lipinski definition) is 1. The van der Waals surface area contributed by atoms with E-state index in [0.717, 1.165) is 4.90 Å². The van der Waals surface area contributed by atoms with E-state index in [1.165, 1.54) is 37.5 Å². The number of nitrogens with zero attached hydrogens (tertiary/aromatic N) is 1. The van der Waals surface area contributed by atoms with Gasteiger partial charge in [0.15, 0.2) is 16.6 Å². The molecule has 3 rings (SSSR count). The summed E-state index contributed by atoms with van der Waals surface area (Å²) in [5.41, 5.74) is 0.727. The number of terminal acetylenes is 1. The predicted molar refractivity (Wildman–Crippen MR) is 110 cm³/mol. The molecule has 0 saturated carbocycles. The van der Waals surface area contributed by atoms with Crippen LogP contribution in [0.5, 0.6) is 11.5 Å². The molecule has 1 N–H and O–H groups in total. The Kier molecular flexibility index (Phi) is 5.90. The first kappa shape index (κ1) is 20.0. The normalized spacial score (nSPS) is 15.1. The van der Waals surface area contributed by atoms with Crippen molar-refractivity contribution in [2.75, 3.05) is 18.6 Å². The molecule has 0 bridgehead atoms. The third-order valence-electron chi connectivity index (χ3n) is 4.00. The molecule has 2 aromatic carbocycles. The lowest BCUT2D eigenvalue weighted by atomic mass is 10.1. The zero-order chi connectivity index (χ0) is 21.0. The number of benzene rings is 2. The summed E-state index contributed by atoms with van der Waals surface area (Å²) in [6, 6.07) is 10.1. The van der Waals surface area contributed by atoms with E-state index in [-0.39, 0.29) is 17.3 Å². The summed E-state index contributed by atoms with van der Waals surface area (Å²) < 4.78 is 23.9. The molecule has 0 spiro atoms. The van der Waals surface area contributed by atoms with Gasteiger partial charge in [-0.1, -0.05) is 12.0 Å². The van der Waals surface area contributed by atoms with Crippen molar-refractivity contribution in [3.8, 4) is 23.8 Å². The van der Waals surface area contributed by atoms with Gasteiger partial charge in [-0.15, -0.1) is 6.42 Å². The maximum absolute atomic E-state index is 13.2. The number of halogens is 1. The van der Waals surface area contributed by atoms with Crippen molar-refractivity contribution in [1.82, 2.24) is 5.32 Å². The Bertz CT molecular complexity index is 1060. The summed E-state index contributed by atoms with van der Waals surface area (Å²) >= 11 is 5.11. The van der Waals surface area contributed by atoms with Crippen LogP contribution in [0, 0.1) is 18.2 Å². The Labute approximate surface area is 171 Å². The molecule has 0 radical (unpaired) electrons. The number of anilines is 1. The van der Waals surface area contributed by atoms with Crippen LogP contribution in [-0.2, 0) is 9.59 Å². The van der Waals surface area contributed by atoms with Gasteiger partial charge in [-0.3, -0.25) is 19.8 Å². The Balaban J connectivity index is 1.96. The van der Waals surface area contributed by atoms with Crippen LogP contribution in [0.2, 0.25) is 0 Å². The Morgan fingerprint density at radius 3 is 2.59 bits per heavy atom. The Morgan fingerprint density at radius 2 is 1.93 bits per heavy atom. The minimum Gasteiger partial charge on any atom is -0.493 e. The second-order valence-electron chi connectivity index (χ2n) is 5.84. The smallest absolute Gasteiger partial charge is 0.270 e.